The molecule has 0 heterocycles. The van der Waals surface area contributed by atoms with Crippen LogP contribution in [0.2, 0.25) is 10.0 Å². The van der Waals surface area contributed by atoms with Gasteiger partial charge in [-0.05, 0) is 50.1 Å². The number of halogens is 2. The van der Waals surface area contributed by atoms with E-state index in [1.54, 1.807) is 26.1 Å². The number of nitrogens with one attached hydrogen (secondary N) is 1. The van der Waals surface area contributed by atoms with Gasteiger partial charge in [0, 0.05) is 17.8 Å². The molecule has 0 fully saturated rings. The Hall–Kier alpha value is -2.24. The molecular weight excluding hydrogens is 387 g/mol. The topological polar surface area (TPSA) is 58.6 Å². The van der Waals surface area contributed by atoms with E-state index < -0.39 is 6.10 Å². The zero-order chi connectivity index (χ0) is 20.1. The van der Waals surface area contributed by atoms with Crippen LogP contribution in [0, 0.1) is 13.8 Å². The second kappa shape index (κ2) is 9.11. The van der Waals surface area contributed by atoms with Gasteiger partial charge < -0.3 is 15.0 Å². The van der Waals surface area contributed by atoms with Crippen molar-refractivity contribution in [3.05, 3.63) is 57.6 Å². The maximum absolute atomic E-state index is 12.5. The lowest BCUT2D eigenvalue weighted by atomic mass is 10.1. The average molecular weight is 409 g/mol. The second-order valence-corrected chi connectivity index (χ2v) is 7.19. The third-order valence-electron chi connectivity index (χ3n) is 4.05. The Kier molecular flexibility index (Phi) is 7.11. The Labute approximate surface area is 169 Å². The number of rotatable bonds is 6. The monoisotopic (exact) mass is 408 g/mol. The zero-order valence-corrected chi connectivity index (χ0v) is 17.2. The fourth-order valence-electron chi connectivity index (χ4n) is 2.61. The maximum Gasteiger partial charge on any atom is 0.263 e. The highest BCUT2D eigenvalue weighted by Crippen LogP contribution is 2.28. The summed E-state index contributed by atoms with van der Waals surface area (Å²) in [6, 6.07) is 10.5. The summed E-state index contributed by atoms with van der Waals surface area (Å²) >= 11 is 11.9. The van der Waals surface area contributed by atoms with Crippen LogP contribution in [-0.4, -0.2) is 36.4 Å². The predicted octanol–water partition coefficient (Wildman–Crippen LogP) is 4.47. The highest BCUT2D eigenvalue weighted by molar-refractivity contribution is 6.35. The summed E-state index contributed by atoms with van der Waals surface area (Å²) in [5.74, 6) is -0.257. The van der Waals surface area contributed by atoms with Crippen LogP contribution in [0.5, 0.6) is 5.75 Å². The first-order chi connectivity index (χ1) is 12.7. The van der Waals surface area contributed by atoms with Gasteiger partial charge in [-0.1, -0.05) is 41.4 Å². The Morgan fingerprint density at radius 1 is 1.15 bits per heavy atom. The van der Waals surface area contributed by atoms with Crippen molar-refractivity contribution >= 4 is 40.7 Å². The minimum atomic E-state index is -0.804. The molecule has 2 amide bonds. The first-order valence-corrected chi connectivity index (χ1v) is 9.17. The number of benzene rings is 2. The van der Waals surface area contributed by atoms with Gasteiger partial charge in [0.15, 0.2) is 6.10 Å². The van der Waals surface area contributed by atoms with E-state index in [9.17, 15) is 9.59 Å². The van der Waals surface area contributed by atoms with Crippen molar-refractivity contribution in [2.24, 2.45) is 0 Å². The standard InChI is InChI=1S/C20H22Cl2N2O3/c1-12-6-5-7-13(2)19(12)23-18(25)11-24(4)20(26)14(3)27-17-9-8-15(21)10-16(17)22/h5-10,14H,11H2,1-4H3,(H,23,25). The first-order valence-electron chi connectivity index (χ1n) is 8.41. The summed E-state index contributed by atoms with van der Waals surface area (Å²) in [4.78, 5) is 26.1. The van der Waals surface area contributed by atoms with Crippen molar-refractivity contribution in [2.45, 2.75) is 26.9 Å². The molecule has 0 saturated heterocycles. The molecule has 2 aromatic carbocycles. The Morgan fingerprint density at radius 3 is 2.37 bits per heavy atom. The van der Waals surface area contributed by atoms with Crippen molar-refractivity contribution in [3.63, 3.8) is 0 Å². The number of nitrogens with zero attached hydrogens (tertiary/aromatic N) is 1. The predicted molar refractivity (Wildman–Crippen MR) is 109 cm³/mol. The van der Waals surface area contributed by atoms with E-state index >= 15 is 0 Å². The Morgan fingerprint density at radius 2 is 1.78 bits per heavy atom. The van der Waals surface area contributed by atoms with Gasteiger partial charge in [-0.25, -0.2) is 0 Å². The molecule has 2 aromatic rings. The summed E-state index contributed by atoms with van der Waals surface area (Å²) < 4.78 is 5.61. The third-order valence-corrected chi connectivity index (χ3v) is 4.58. The normalized spacial score (nSPS) is 11.6. The molecule has 144 valence electrons. The van der Waals surface area contributed by atoms with E-state index in [1.807, 2.05) is 32.0 Å². The second-order valence-electron chi connectivity index (χ2n) is 6.34. The van der Waals surface area contributed by atoms with Gasteiger partial charge in [0.1, 0.15) is 5.75 Å². The van der Waals surface area contributed by atoms with Gasteiger partial charge in [0.25, 0.3) is 5.91 Å². The summed E-state index contributed by atoms with van der Waals surface area (Å²) in [6.07, 6.45) is -0.804. The number of carbonyl (C=O) groups excluding carboxylic acids is 2. The molecule has 0 aromatic heterocycles. The van der Waals surface area contributed by atoms with Gasteiger partial charge in [-0.15, -0.1) is 0 Å². The van der Waals surface area contributed by atoms with Crippen LogP contribution >= 0.6 is 23.2 Å². The molecule has 0 aliphatic carbocycles. The molecule has 27 heavy (non-hydrogen) atoms. The number of likely N-dealkylation sites (N-methyl/N-ethyl adjacent to an activating group) is 1. The number of anilines is 1. The van der Waals surface area contributed by atoms with Gasteiger partial charge >= 0.3 is 0 Å². The van der Waals surface area contributed by atoms with E-state index in [0.717, 1.165) is 16.8 Å². The molecule has 0 aliphatic rings. The van der Waals surface area contributed by atoms with Gasteiger partial charge in [0.05, 0.1) is 11.6 Å². The van der Waals surface area contributed by atoms with E-state index in [-0.39, 0.29) is 18.4 Å². The van der Waals surface area contributed by atoms with Crippen molar-refractivity contribution < 1.29 is 14.3 Å². The number of carbonyl (C=O) groups is 2. The van der Waals surface area contributed by atoms with Crippen molar-refractivity contribution in [1.29, 1.82) is 0 Å². The minimum absolute atomic E-state index is 0.0886. The van der Waals surface area contributed by atoms with E-state index in [1.165, 1.54) is 11.0 Å². The lowest BCUT2D eigenvalue weighted by molar-refractivity contribution is -0.139. The van der Waals surface area contributed by atoms with E-state index in [4.69, 9.17) is 27.9 Å². The maximum atomic E-state index is 12.5. The van der Waals surface area contributed by atoms with Crippen LogP contribution in [0.1, 0.15) is 18.1 Å². The number of hydrogen-bond acceptors (Lipinski definition) is 3. The number of para-hydroxylation sites is 1. The number of amides is 2. The van der Waals surface area contributed by atoms with Crippen LogP contribution in [0.4, 0.5) is 5.69 Å². The van der Waals surface area contributed by atoms with Gasteiger partial charge in [-0.3, -0.25) is 9.59 Å². The fourth-order valence-corrected chi connectivity index (χ4v) is 3.06. The van der Waals surface area contributed by atoms with Crippen LogP contribution in [0.3, 0.4) is 0 Å². The SMILES string of the molecule is Cc1cccc(C)c1NC(=O)CN(C)C(=O)C(C)Oc1ccc(Cl)cc1Cl. The summed E-state index contributed by atoms with van der Waals surface area (Å²) in [7, 11) is 1.55. The van der Waals surface area contributed by atoms with Crippen LogP contribution in [0.15, 0.2) is 36.4 Å². The largest absolute Gasteiger partial charge is 0.479 e. The molecule has 5 nitrogen and oxygen atoms in total. The number of aryl methyl sites for hydroxylation is 2. The highest BCUT2D eigenvalue weighted by Gasteiger charge is 2.22. The third kappa shape index (κ3) is 5.62. The first kappa shape index (κ1) is 21.1. The Bertz CT molecular complexity index is 835. The molecule has 1 N–H and O–H groups in total. The molecule has 0 spiro atoms. The van der Waals surface area contributed by atoms with Crippen LogP contribution in [-0.2, 0) is 9.59 Å². The molecular formula is C20H22Cl2N2O3. The molecule has 0 bridgehead atoms. The van der Waals surface area contributed by atoms with Crippen molar-refractivity contribution in [1.82, 2.24) is 4.90 Å². The summed E-state index contributed by atoms with van der Waals surface area (Å²) in [5, 5.41) is 3.65. The fraction of sp³-hybridized carbons (Fsp3) is 0.300. The van der Waals surface area contributed by atoms with Crippen LogP contribution < -0.4 is 10.1 Å². The van der Waals surface area contributed by atoms with Gasteiger partial charge in [-0.2, -0.15) is 0 Å². The number of ether oxygens (including phenoxy) is 1. The van der Waals surface area contributed by atoms with E-state index in [2.05, 4.69) is 5.32 Å². The van der Waals surface area contributed by atoms with Gasteiger partial charge in [0.2, 0.25) is 5.91 Å². The van der Waals surface area contributed by atoms with E-state index in [0.29, 0.717) is 15.8 Å². The lowest BCUT2D eigenvalue weighted by Crippen LogP contribution is -2.42. The highest BCUT2D eigenvalue weighted by atomic mass is 35.5. The molecule has 0 aliphatic heterocycles. The lowest BCUT2D eigenvalue weighted by Gasteiger charge is -2.22. The molecule has 2 rings (SSSR count). The smallest absolute Gasteiger partial charge is 0.263 e. The molecule has 0 radical (unpaired) electrons. The quantitative estimate of drug-likeness (QED) is 0.766. The molecule has 1 atom stereocenters. The zero-order valence-electron chi connectivity index (χ0n) is 15.7. The molecule has 7 heteroatoms. The molecule has 1 unspecified atom stereocenters. The van der Waals surface area contributed by atoms with Crippen molar-refractivity contribution in [3.8, 4) is 5.75 Å². The van der Waals surface area contributed by atoms with Crippen LogP contribution in [0.25, 0.3) is 0 Å². The average Bonchev–Trinajstić information content (AvgIpc) is 2.60. The Balaban J connectivity index is 1.96. The van der Waals surface area contributed by atoms with Crippen molar-refractivity contribution in [2.75, 3.05) is 18.9 Å². The molecule has 0 saturated carbocycles. The summed E-state index contributed by atoms with van der Waals surface area (Å²) in [6.45, 7) is 5.36. The summed E-state index contributed by atoms with van der Waals surface area (Å²) in [5.41, 5.74) is 2.69. The minimum Gasteiger partial charge on any atom is -0.479 e. The number of hydrogen-bond donors (Lipinski definition) is 1.